The Morgan fingerprint density at radius 1 is 1.21 bits per heavy atom. The Morgan fingerprint density at radius 2 is 1.79 bits per heavy atom. The zero-order valence-corrected chi connectivity index (χ0v) is 12.5. The number of hydrogen-bond donors (Lipinski definition) is 0. The molecule has 5 nitrogen and oxygen atoms in total. The van der Waals surface area contributed by atoms with Crippen LogP contribution in [0.4, 0.5) is 4.79 Å². The van der Waals surface area contributed by atoms with Crippen molar-refractivity contribution in [2.45, 2.75) is 51.6 Å². The van der Waals surface area contributed by atoms with Gasteiger partial charge in [-0.15, -0.1) is 0 Å². The van der Waals surface area contributed by atoms with Crippen molar-refractivity contribution in [3.8, 4) is 0 Å². The van der Waals surface area contributed by atoms with Crippen LogP contribution in [0, 0.1) is 0 Å². The number of carbonyl (C=O) groups is 2. The first kappa shape index (κ1) is 14.3. The zero-order chi connectivity index (χ0) is 14.2. The second kappa shape index (κ2) is 5.12. The van der Waals surface area contributed by atoms with E-state index >= 15 is 0 Å². The summed E-state index contributed by atoms with van der Waals surface area (Å²) in [6.45, 7) is 8.77. The number of imide groups is 1. The van der Waals surface area contributed by atoms with Crippen LogP contribution < -0.4 is 0 Å². The third-order valence-corrected chi connectivity index (χ3v) is 4.89. The molecule has 1 unspecified atom stereocenters. The van der Waals surface area contributed by atoms with Crippen molar-refractivity contribution < 1.29 is 9.59 Å². The zero-order valence-electron chi connectivity index (χ0n) is 12.5. The summed E-state index contributed by atoms with van der Waals surface area (Å²) in [4.78, 5) is 30.0. The smallest absolute Gasteiger partial charge is 0.310 e. The van der Waals surface area contributed by atoms with E-state index in [1.807, 2.05) is 6.92 Å². The number of likely N-dealkylation sites (tertiary alicyclic amines) is 1. The van der Waals surface area contributed by atoms with Crippen molar-refractivity contribution in [1.82, 2.24) is 14.7 Å². The van der Waals surface area contributed by atoms with Crippen molar-refractivity contribution in [3.63, 3.8) is 0 Å². The first-order valence-corrected chi connectivity index (χ1v) is 7.31. The lowest BCUT2D eigenvalue weighted by Crippen LogP contribution is -2.57. The standard InChI is InChI=1S/C14H25N3O2/c1-5-11(3)16-9-7-14(8-10-16)12(18)15(4)13(19)17(14)6-2/h11H,5-10H2,1-4H3. The predicted octanol–water partition coefficient (Wildman–Crippen LogP) is 1.53. The Morgan fingerprint density at radius 3 is 2.26 bits per heavy atom. The van der Waals surface area contributed by atoms with Gasteiger partial charge < -0.3 is 9.80 Å². The van der Waals surface area contributed by atoms with Gasteiger partial charge in [-0.25, -0.2) is 4.79 Å². The SMILES string of the molecule is CCC(C)N1CCC2(CC1)C(=O)N(C)C(=O)N2CC. The summed E-state index contributed by atoms with van der Waals surface area (Å²) in [5.74, 6) is -0.0110. The van der Waals surface area contributed by atoms with Crippen LogP contribution in [0.2, 0.25) is 0 Å². The normalized spacial score (nSPS) is 25.5. The minimum Gasteiger partial charge on any atom is -0.310 e. The minimum atomic E-state index is -0.565. The topological polar surface area (TPSA) is 43.9 Å². The average molecular weight is 267 g/mol. The third kappa shape index (κ3) is 2.04. The van der Waals surface area contributed by atoms with E-state index < -0.39 is 5.54 Å². The number of piperidine rings is 1. The Hall–Kier alpha value is -1.10. The summed E-state index contributed by atoms with van der Waals surface area (Å²) >= 11 is 0. The molecule has 1 spiro atoms. The van der Waals surface area contributed by atoms with Gasteiger partial charge in [0, 0.05) is 32.7 Å². The second-order valence-corrected chi connectivity index (χ2v) is 5.72. The molecule has 19 heavy (non-hydrogen) atoms. The highest BCUT2D eigenvalue weighted by Crippen LogP contribution is 2.36. The maximum atomic E-state index is 12.5. The third-order valence-electron chi connectivity index (χ3n) is 4.89. The fourth-order valence-corrected chi connectivity index (χ4v) is 3.39. The Labute approximate surface area is 115 Å². The molecular weight excluding hydrogens is 242 g/mol. The molecule has 0 aromatic rings. The molecule has 0 saturated carbocycles. The van der Waals surface area contributed by atoms with Gasteiger partial charge >= 0.3 is 6.03 Å². The molecule has 2 saturated heterocycles. The molecule has 0 aliphatic carbocycles. The van der Waals surface area contributed by atoms with Gasteiger partial charge in [0.2, 0.25) is 0 Å². The first-order valence-electron chi connectivity index (χ1n) is 7.31. The molecule has 2 aliphatic heterocycles. The second-order valence-electron chi connectivity index (χ2n) is 5.72. The van der Waals surface area contributed by atoms with Gasteiger partial charge in [-0.2, -0.15) is 0 Å². The number of nitrogens with zero attached hydrogens (tertiary/aromatic N) is 3. The van der Waals surface area contributed by atoms with Crippen molar-refractivity contribution >= 4 is 11.9 Å². The minimum absolute atomic E-state index is 0.0110. The molecule has 2 rings (SSSR count). The number of hydrogen-bond acceptors (Lipinski definition) is 3. The molecule has 5 heteroatoms. The summed E-state index contributed by atoms with van der Waals surface area (Å²) in [5.41, 5.74) is -0.565. The highest BCUT2D eigenvalue weighted by molar-refractivity contribution is 6.06. The fourth-order valence-electron chi connectivity index (χ4n) is 3.39. The lowest BCUT2D eigenvalue weighted by molar-refractivity contribution is -0.135. The van der Waals surface area contributed by atoms with Gasteiger partial charge in [-0.05, 0) is 33.1 Å². The molecule has 1 atom stereocenters. The fraction of sp³-hybridized carbons (Fsp3) is 0.857. The van der Waals surface area contributed by atoms with E-state index in [2.05, 4.69) is 18.7 Å². The van der Waals surface area contributed by atoms with E-state index in [-0.39, 0.29) is 11.9 Å². The molecule has 2 fully saturated rings. The number of urea groups is 1. The number of amides is 3. The van der Waals surface area contributed by atoms with Gasteiger partial charge in [-0.3, -0.25) is 9.69 Å². The van der Waals surface area contributed by atoms with Crippen LogP contribution in [0.5, 0.6) is 0 Å². The van der Waals surface area contributed by atoms with Gasteiger partial charge in [0.1, 0.15) is 5.54 Å². The molecule has 2 heterocycles. The largest absolute Gasteiger partial charge is 0.327 e. The highest BCUT2D eigenvalue weighted by atomic mass is 16.2. The van der Waals surface area contributed by atoms with Crippen LogP contribution in [0.15, 0.2) is 0 Å². The van der Waals surface area contributed by atoms with Crippen molar-refractivity contribution in [3.05, 3.63) is 0 Å². The predicted molar refractivity (Wildman–Crippen MR) is 73.8 cm³/mol. The van der Waals surface area contributed by atoms with Crippen LogP contribution in [-0.2, 0) is 4.79 Å². The molecule has 2 aliphatic rings. The van der Waals surface area contributed by atoms with E-state index in [0.29, 0.717) is 12.6 Å². The van der Waals surface area contributed by atoms with Gasteiger partial charge in [0.25, 0.3) is 5.91 Å². The van der Waals surface area contributed by atoms with E-state index in [9.17, 15) is 9.59 Å². The number of carbonyl (C=O) groups excluding carboxylic acids is 2. The first-order chi connectivity index (χ1) is 8.97. The molecule has 3 amide bonds. The number of rotatable bonds is 3. The quantitative estimate of drug-likeness (QED) is 0.728. The van der Waals surface area contributed by atoms with Crippen LogP contribution in [0.3, 0.4) is 0 Å². The lowest BCUT2D eigenvalue weighted by Gasteiger charge is -2.43. The maximum absolute atomic E-state index is 12.5. The Bertz CT molecular complexity index is 375. The molecular formula is C14H25N3O2. The Kier molecular flexibility index (Phi) is 3.85. The van der Waals surface area contributed by atoms with Gasteiger partial charge in [0.05, 0.1) is 0 Å². The summed E-state index contributed by atoms with van der Waals surface area (Å²) in [7, 11) is 1.60. The number of likely N-dealkylation sites (N-methyl/N-ethyl adjacent to an activating group) is 2. The molecule has 0 radical (unpaired) electrons. The monoisotopic (exact) mass is 267 g/mol. The maximum Gasteiger partial charge on any atom is 0.327 e. The van der Waals surface area contributed by atoms with E-state index in [1.165, 1.54) is 4.90 Å². The molecule has 0 aromatic heterocycles. The molecule has 0 aromatic carbocycles. The van der Waals surface area contributed by atoms with E-state index in [0.717, 1.165) is 32.4 Å². The van der Waals surface area contributed by atoms with Crippen molar-refractivity contribution in [2.24, 2.45) is 0 Å². The summed E-state index contributed by atoms with van der Waals surface area (Å²) < 4.78 is 0. The summed E-state index contributed by atoms with van der Waals surface area (Å²) in [5, 5.41) is 0. The van der Waals surface area contributed by atoms with Gasteiger partial charge in [0.15, 0.2) is 0 Å². The van der Waals surface area contributed by atoms with E-state index in [1.54, 1.807) is 11.9 Å². The van der Waals surface area contributed by atoms with Crippen LogP contribution in [0.25, 0.3) is 0 Å². The summed E-state index contributed by atoms with van der Waals surface area (Å²) in [6.07, 6.45) is 2.65. The highest BCUT2D eigenvalue weighted by Gasteiger charge is 2.56. The average Bonchev–Trinajstić information content (AvgIpc) is 2.61. The molecule has 0 N–H and O–H groups in total. The lowest BCUT2D eigenvalue weighted by atomic mass is 9.85. The van der Waals surface area contributed by atoms with Crippen LogP contribution >= 0.6 is 0 Å². The Balaban J connectivity index is 2.16. The van der Waals surface area contributed by atoms with Crippen LogP contribution in [-0.4, -0.2) is 64.9 Å². The molecule has 108 valence electrons. The summed E-state index contributed by atoms with van der Waals surface area (Å²) in [6, 6.07) is 0.418. The van der Waals surface area contributed by atoms with Crippen LogP contribution in [0.1, 0.15) is 40.0 Å². The van der Waals surface area contributed by atoms with Crippen molar-refractivity contribution in [2.75, 3.05) is 26.7 Å². The molecule has 0 bridgehead atoms. The van der Waals surface area contributed by atoms with Gasteiger partial charge in [-0.1, -0.05) is 6.92 Å². The van der Waals surface area contributed by atoms with E-state index in [4.69, 9.17) is 0 Å². The van der Waals surface area contributed by atoms with Crippen molar-refractivity contribution in [1.29, 1.82) is 0 Å².